The van der Waals surface area contributed by atoms with Crippen LogP contribution in [0.5, 0.6) is 0 Å². The maximum absolute atomic E-state index is 4.94. The van der Waals surface area contributed by atoms with Gasteiger partial charge < -0.3 is 0 Å². The predicted molar refractivity (Wildman–Crippen MR) is 126 cm³/mol. The van der Waals surface area contributed by atoms with Crippen LogP contribution in [0.4, 0.5) is 0 Å². The summed E-state index contributed by atoms with van der Waals surface area (Å²) in [5.41, 5.74) is 6.35. The van der Waals surface area contributed by atoms with Gasteiger partial charge in [-0.15, -0.1) is 0 Å². The summed E-state index contributed by atoms with van der Waals surface area (Å²) < 4.78 is 0. The largest absolute Gasteiger partial charge is 0.256 e. The molecule has 2 aromatic carbocycles. The molecular weight excluding hydrogens is 354 g/mol. The summed E-state index contributed by atoms with van der Waals surface area (Å²) in [6, 6.07) is 21.7. The summed E-state index contributed by atoms with van der Waals surface area (Å²) in [7, 11) is -1.41. The van der Waals surface area contributed by atoms with Gasteiger partial charge in [-0.2, -0.15) is 0 Å². The molecule has 3 aromatic rings. The van der Waals surface area contributed by atoms with Crippen molar-refractivity contribution >= 4 is 13.3 Å². The molecule has 1 nitrogen and oxygen atoms in total. The van der Waals surface area contributed by atoms with Crippen LogP contribution in [0.1, 0.15) is 38.2 Å². The molecule has 3 rings (SSSR count). The minimum absolute atomic E-state index is 1.10. The molecule has 0 aliphatic heterocycles. The van der Waals surface area contributed by atoms with E-state index in [4.69, 9.17) is 4.98 Å². The second-order valence-electron chi connectivity index (χ2n) is 8.70. The van der Waals surface area contributed by atoms with Gasteiger partial charge in [-0.05, 0) is 40.8 Å². The first-order chi connectivity index (χ1) is 13.5. The van der Waals surface area contributed by atoms with Crippen molar-refractivity contribution in [3.63, 3.8) is 0 Å². The number of nitrogens with zero attached hydrogens (tertiary/aromatic N) is 1. The number of aryl methyl sites for hydroxylation is 1. The van der Waals surface area contributed by atoms with Gasteiger partial charge in [0.1, 0.15) is 0 Å². The smallest absolute Gasteiger partial charge is 0.0799 e. The van der Waals surface area contributed by atoms with Crippen LogP contribution in [0.3, 0.4) is 0 Å². The van der Waals surface area contributed by atoms with E-state index in [-0.39, 0.29) is 0 Å². The van der Waals surface area contributed by atoms with Crippen LogP contribution in [-0.4, -0.2) is 13.1 Å². The van der Waals surface area contributed by atoms with Crippen LogP contribution >= 0.6 is 0 Å². The lowest BCUT2D eigenvalue weighted by Gasteiger charge is -2.22. The third-order valence-electron chi connectivity index (χ3n) is 5.39. The zero-order chi connectivity index (χ0) is 20.0. The van der Waals surface area contributed by atoms with E-state index in [0.29, 0.717) is 0 Å². The van der Waals surface area contributed by atoms with Crippen LogP contribution < -0.4 is 5.19 Å². The highest BCUT2D eigenvalue weighted by Gasteiger charge is 2.21. The SMILES string of the molecule is CCCCCCc1cc(-c2ccccc2-c2ccccc2)ncc1[Si](C)(C)C. The molecule has 0 aliphatic carbocycles. The van der Waals surface area contributed by atoms with E-state index in [1.165, 1.54) is 59.5 Å². The number of hydrogen-bond donors (Lipinski definition) is 0. The van der Waals surface area contributed by atoms with E-state index in [9.17, 15) is 0 Å². The van der Waals surface area contributed by atoms with Gasteiger partial charge in [-0.3, -0.25) is 4.98 Å². The molecule has 2 heteroatoms. The van der Waals surface area contributed by atoms with Crippen LogP contribution in [0, 0.1) is 0 Å². The molecule has 0 unspecified atom stereocenters. The van der Waals surface area contributed by atoms with Crippen molar-refractivity contribution < 1.29 is 0 Å². The molecule has 28 heavy (non-hydrogen) atoms. The van der Waals surface area contributed by atoms with Gasteiger partial charge in [0.25, 0.3) is 0 Å². The predicted octanol–water partition coefficient (Wildman–Crippen LogP) is 7.08. The van der Waals surface area contributed by atoms with Crippen molar-refractivity contribution in [2.75, 3.05) is 0 Å². The van der Waals surface area contributed by atoms with Crippen molar-refractivity contribution in [1.29, 1.82) is 0 Å². The Labute approximate surface area is 171 Å². The average Bonchev–Trinajstić information content (AvgIpc) is 2.71. The van der Waals surface area contributed by atoms with Gasteiger partial charge in [0.2, 0.25) is 0 Å². The number of unbranched alkanes of at least 4 members (excludes halogenated alkanes) is 3. The van der Waals surface area contributed by atoms with E-state index < -0.39 is 8.07 Å². The molecule has 0 amide bonds. The maximum Gasteiger partial charge on any atom is 0.0799 e. The molecule has 0 fully saturated rings. The Kier molecular flexibility index (Phi) is 6.85. The molecule has 0 radical (unpaired) electrons. The highest BCUT2D eigenvalue weighted by atomic mass is 28.3. The normalized spacial score (nSPS) is 11.6. The number of hydrogen-bond acceptors (Lipinski definition) is 1. The minimum Gasteiger partial charge on any atom is -0.256 e. The molecule has 0 atom stereocenters. The van der Waals surface area contributed by atoms with Crippen LogP contribution in [-0.2, 0) is 6.42 Å². The topological polar surface area (TPSA) is 12.9 Å². The first-order valence-electron chi connectivity index (χ1n) is 10.6. The summed E-state index contributed by atoms with van der Waals surface area (Å²) in [6.45, 7) is 9.56. The third kappa shape index (κ3) is 4.99. The van der Waals surface area contributed by atoms with Crippen molar-refractivity contribution in [3.8, 4) is 22.4 Å². The molecule has 1 aromatic heterocycles. The van der Waals surface area contributed by atoms with Crippen molar-refractivity contribution in [3.05, 3.63) is 72.4 Å². The quantitative estimate of drug-likeness (QED) is 0.297. The van der Waals surface area contributed by atoms with Crippen LogP contribution in [0.2, 0.25) is 19.6 Å². The average molecular weight is 388 g/mol. The molecule has 0 spiro atoms. The van der Waals surface area contributed by atoms with Crippen molar-refractivity contribution in [2.45, 2.75) is 58.7 Å². The van der Waals surface area contributed by atoms with Gasteiger partial charge in [0.15, 0.2) is 0 Å². The lowest BCUT2D eigenvalue weighted by Crippen LogP contribution is -2.40. The summed E-state index contributed by atoms with van der Waals surface area (Å²) in [5, 5.41) is 1.52. The van der Waals surface area contributed by atoms with Gasteiger partial charge in [-0.25, -0.2) is 0 Å². The lowest BCUT2D eigenvalue weighted by molar-refractivity contribution is 0.667. The molecular formula is C26H33NSi. The highest BCUT2D eigenvalue weighted by molar-refractivity contribution is 6.89. The van der Waals surface area contributed by atoms with Gasteiger partial charge in [-0.1, -0.05) is 100 Å². The summed E-state index contributed by atoms with van der Waals surface area (Å²) in [6.07, 6.45) is 8.56. The maximum atomic E-state index is 4.94. The Morgan fingerprint density at radius 1 is 0.786 bits per heavy atom. The van der Waals surface area contributed by atoms with E-state index >= 15 is 0 Å². The first kappa shape index (κ1) is 20.5. The fourth-order valence-corrected chi connectivity index (χ4v) is 5.46. The molecule has 0 N–H and O–H groups in total. The fraction of sp³-hybridized carbons (Fsp3) is 0.346. The molecule has 0 aliphatic rings. The Balaban J connectivity index is 2.02. The van der Waals surface area contributed by atoms with Crippen LogP contribution in [0.25, 0.3) is 22.4 Å². The van der Waals surface area contributed by atoms with Crippen molar-refractivity contribution in [2.24, 2.45) is 0 Å². The molecule has 0 saturated heterocycles. The Morgan fingerprint density at radius 3 is 2.14 bits per heavy atom. The Bertz CT molecular complexity index is 894. The summed E-state index contributed by atoms with van der Waals surface area (Å²) in [4.78, 5) is 4.94. The fourth-order valence-electron chi connectivity index (χ4n) is 3.84. The molecule has 0 bridgehead atoms. The molecule has 1 heterocycles. The van der Waals surface area contributed by atoms with E-state index in [2.05, 4.69) is 93.4 Å². The monoisotopic (exact) mass is 387 g/mol. The van der Waals surface area contributed by atoms with Crippen molar-refractivity contribution in [1.82, 2.24) is 4.98 Å². The minimum atomic E-state index is -1.41. The zero-order valence-corrected chi connectivity index (χ0v) is 18.8. The summed E-state index contributed by atoms with van der Waals surface area (Å²) >= 11 is 0. The number of rotatable bonds is 8. The standard InChI is InChI=1S/C26H33NSi/c1-5-6-7-9-16-22-19-25(27-20-26(22)28(2,3)4)24-18-13-12-17-23(24)21-14-10-8-11-15-21/h8,10-15,17-20H,5-7,9,16H2,1-4H3. The van der Waals surface area contributed by atoms with Gasteiger partial charge in [0, 0.05) is 11.8 Å². The van der Waals surface area contributed by atoms with E-state index in [0.717, 1.165) is 5.69 Å². The Hall–Kier alpha value is -2.19. The molecule has 0 saturated carbocycles. The van der Waals surface area contributed by atoms with Gasteiger partial charge in [0.05, 0.1) is 13.8 Å². The molecule has 146 valence electrons. The lowest BCUT2D eigenvalue weighted by atomic mass is 9.96. The number of aromatic nitrogens is 1. The number of pyridine rings is 1. The Morgan fingerprint density at radius 2 is 1.46 bits per heavy atom. The first-order valence-corrected chi connectivity index (χ1v) is 14.1. The van der Waals surface area contributed by atoms with E-state index in [1.807, 2.05) is 0 Å². The van der Waals surface area contributed by atoms with Gasteiger partial charge >= 0.3 is 0 Å². The van der Waals surface area contributed by atoms with E-state index in [1.54, 1.807) is 0 Å². The second kappa shape index (κ2) is 9.34. The van der Waals surface area contributed by atoms with Crippen LogP contribution in [0.15, 0.2) is 66.9 Å². The second-order valence-corrected chi connectivity index (χ2v) is 13.7. The zero-order valence-electron chi connectivity index (χ0n) is 17.8. The number of benzene rings is 2. The highest BCUT2D eigenvalue weighted by Crippen LogP contribution is 2.31. The third-order valence-corrected chi connectivity index (χ3v) is 7.45. The summed E-state index contributed by atoms with van der Waals surface area (Å²) in [5.74, 6) is 0.